The standard InChI is InChI=1S/C9H10F3N3O/c10-9(11,12)4-1-6-5(7(16)2-4)3-14-8(13)15-6/h3-4,7,16H,1-2H2,(H2,13,14,15)/t4-,7+/m1/s1. The third kappa shape index (κ3) is 1.95. The molecule has 0 spiro atoms. The van der Waals surface area contributed by atoms with Crippen LogP contribution < -0.4 is 5.73 Å². The van der Waals surface area contributed by atoms with Crippen molar-refractivity contribution in [3.05, 3.63) is 17.5 Å². The predicted octanol–water partition coefficient (Wildman–Crippen LogP) is 1.22. The number of anilines is 1. The number of hydrogen-bond donors (Lipinski definition) is 2. The molecule has 1 aromatic heterocycles. The molecule has 16 heavy (non-hydrogen) atoms. The minimum atomic E-state index is -4.32. The van der Waals surface area contributed by atoms with E-state index in [9.17, 15) is 18.3 Å². The molecule has 0 aliphatic heterocycles. The first-order chi connectivity index (χ1) is 7.38. The zero-order valence-corrected chi connectivity index (χ0v) is 8.20. The molecule has 7 heteroatoms. The van der Waals surface area contributed by atoms with Crippen molar-refractivity contribution in [2.24, 2.45) is 5.92 Å². The highest BCUT2D eigenvalue weighted by Gasteiger charge is 2.44. The van der Waals surface area contributed by atoms with Crippen molar-refractivity contribution in [3.63, 3.8) is 0 Å². The molecular formula is C9H10F3N3O. The van der Waals surface area contributed by atoms with Crippen LogP contribution >= 0.6 is 0 Å². The van der Waals surface area contributed by atoms with Crippen molar-refractivity contribution in [2.75, 3.05) is 5.73 Å². The second-order valence-electron chi connectivity index (χ2n) is 3.82. The number of halogens is 3. The Bertz CT molecular complexity index is 407. The maximum atomic E-state index is 12.5. The van der Waals surface area contributed by atoms with Gasteiger partial charge in [-0.1, -0.05) is 0 Å². The molecule has 0 unspecified atom stereocenters. The highest BCUT2D eigenvalue weighted by molar-refractivity contribution is 5.29. The van der Waals surface area contributed by atoms with Crippen LogP contribution in [-0.4, -0.2) is 21.3 Å². The first-order valence-corrected chi connectivity index (χ1v) is 4.74. The van der Waals surface area contributed by atoms with Crippen LogP contribution in [0.1, 0.15) is 23.8 Å². The molecule has 88 valence electrons. The van der Waals surface area contributed by atoms with E-state index in [1.165, 1.54) is 6.20 Å². The number of nitrogen functional groups attached to an aromatic ring is 1. The normalized spacial score (nSPS) is 25.2. The van der Waals surface area contributed by atoms with Gasteiger partial charge in [0.1, 0.15) is 0 Å². The van der Waals surface area contributed by atoms with Crippen molar-refractivity contribution in [2.45, 2.75) is 25.1 Å². The largest absolute Gasteiger partial charge is 0.392 e. The smallest absolute Gasteiger partial charge is 0.388 e. The number of fused-ring (bicyclic) bond motifs is 1. The summed E-state index contributed by atoms with van der Waals surface area (Å²) in [5, 5.41) is 9.57. The number of aliphatic hydroxyl groups excluding tert-OH is 1. The summed E-state index contributed by atoms with van der Waals surface area (Å²) in [6, 6.07) is 0. The number of aliphatic hydroxyl groups is 1. The topological polar surface area (TPSA) is 72.0 Å². The zero-order valence-electron chi connectivity index (χ0n) is 8.20. The van der Waals surface area contributed by atoms with Crippen molar-refractivity contribution >= 4 is 5.95 Å². The van der Waals surface area contributed by atoms with Gasteiger partial charge >= 0.3 is 6.18 Å². The van der Waals surface area contributed by atoms with Crippen LogP contribution in [0.3, 0.4) is 0 Å². The Hall–Kier alpha value is -1.37. The summed E-state index contributed by atoms with van der Waals surface area (Å²) < 4.78 is 37.6. The molecule has 1 aliphatic rings. The Morgan fingerprint density at radius 2 is 2.12 bits per heavy atom. The fourth-order valence-electron chi connectivity index (χ4n) is 1.85. The maximum absolute atomic E-state index is 12.5. The molecule has 1 aliphatic carbocycles. The number of aromatic nitrogens is 2. The Kier molecular flexibility index (Phi) is 2.49. The van der Waals surface area contributed by atoms with Crippen LogP contribution in [-0.2, 0) is 6.42 Å². The number of nitrogens with zero attached hydrogens (tertiary/aromatic N) is 2. The summed E-state index contributed by atoms with van der Waals surface area (Å²) in [6.45, 7) is 0. The van der Waals surface area contributed by atoms with E-state index in [0.29, 0.717) is 5.56 Å². The Balaban J connectivity index is 2.35. The van der Waals surface area contributed by atoms with Crippen LogP contribution in [0.4, 0.5) is 19.1 Å². The summed E-state index contributed by atoms with van der Waals surface area (Å²) in [4.78, 5) is 7.39. The predicted molar refractivity (Wildman–Crippen MR) is 49.3 cm³/mol. The van der Waals surface area contributed by atoms with E-state index in [1.807, 2.05) is 0 Å². The van der Waals surface area contributed by atoms with E-state index in [2.05, 4.69) is 9.97 Å². The molecule has 3 N–H and O–H groups in total. The lowest BCUT2D eigenvalue weighted by Crippen LogP contribution is -2.31. The molecule has 1 heterocycles. The van der Waals surface area contributed by atoms with Gasteiger partial charge in [0.2, 0.25) is 5.95 Å². The molecular weight excluding hydrogens is 223 g/mol. The fraction of sp³-hybridized carbons (Fsp3) is 0.556. The first-order valence-electron chi connectivity index (χ1n) is 4.74. The summed E-state index contributed by atoms with van der Waals surface area (Å²) in [5.74, 6) is -1.64. The van der Waals surface area contributed by atoms with Gasteiger partial charge in [0.25, 0.3) is 0 Å². The average Bonchev–Trinajstić information content (AvgIpc) is 2.15. The minimum Gasteiger partial charge on any atom is -0.388 e. The van der Waals surface area contributed by atoms with E-state index in [-0.39, 0.29) is 24.5 Å². The third-order valence-electron chi connectivity index (χ3n) is 2.69. The number of rotatable bonds is 0. The Morgan fingerprint density at radius 3 is 2.75 bits per heavy atom. The quantitative estimate of drug-likeness (QED) is 0.706. The van der Waals surface area contributed by atoms with Gasteiger partial charge in [0.15, 0.2) is 0 Å². The lowest BCUT2D eigenvalue weighted by molar-refractivity contribution is -0.184. The lowest BCUT2D eigenvalue weighted by Gasteiger charge is -2.28. The van der Waals surface area contributed by atoms with Crippen LogP contribution in [0.25, 0.3) is 0 Å². The van der Waals surface area contributed by atoms with E-state index >= 15 is 0 Å². The van der Waals surface area contributed by atoms with Crippen LogP contribution in [0.15, 0.2) is 6.20 Å². The molecule has 0 amide bonds. The molecule has 0 radical (unpaired) electrons. The van der Waals surface area contributed by atoms with Gasteiger partial charge in [-0.15, -0.1) is 0 Å². The SMILES string of the molecule is Nc1ncc2c(n1)C[C@@H](C(F)(F)F)C[C@@H]2O. The molecule has 0 bridgehead atoms. The average molecular weight is 233 g/mol. The summed E-state index contributed by atoms with van der Waals surface area (Å²) in [7, 11) is 0. The zero-order chi connectivity index (χ0) is 11.9. The monoisotopic (exact) mass is 233 g/mol. The Labute approximate surface area is 89.3 Å². The molecule has 2 atom stereocenters. The molecule has 0 saturated heterocycles. The first kappa shape index (κ1) is 11.1. The van der Waals surface area contributed by atoms with Crippen molar-refractivity contribution in [1.82, 2.24) is 9.97 Å². The number of alkyl halides is 3. The van der Waals surface area contributed by atoms with E-state index in [0.717, 1.165) is 0 Å². The number of hydrogen-bond acceptors (Lipinski definition) is 4. The molecule has 2 rings (SSSR count). The van der Waals surface area contributed by atoms with Gasteiger partial charge < -0.3 is 10.8 Å². The molecule has 0 saturated carbocycles. The van der Waals surface area contributed by atoms with Gasteiger partial charge in [0.05, 0.1) is 17.7 Å². The highest BCUT2D eigenvalue weighted by Crippen LogP contribution is 2.40. The molecule has 1 aromatic rings. The fourth-order valence-corrected chi connectivity index (χ4v) is 1.85. The van der Waals surface area contributed by atoms with Crippen LogP contribution in [0, 0.1) is 5.92 Å². The molecule has 0 fully saturated rings. The van der Waals surface area contributed by atoms with Crippen LogP contribution in [0.2, 0.25) is 0 Å². The second kappa shape index (κ2) is 3.58. The lowest BCUT2D eigenvalue weighted by atomic mass is 9.85. The van der Waals surface area contributed by atoms with Gasteiger partial charge in [-0.25, -0.2) is 9.97 Å². The van der Waals surface area contributed by atoms with Crippen molar-refractivity contribution in [3.8, 4) is 0 Å². The Morgan fingerprint density at radius 1 is 1.44 bits per heavy atom. The van der Waals surface area contributed by atoms with Gasteiger partial charge in [-0.3, -0.25) is 0 Å². The maximum Gasteiger partial charge on any atom is 0.392 e. The molecule has 4 nitrogen and oxygen atoms in total. The minimum absolute atomic E-state index is 0.0752. The number of nitrogens with two attached hydrogens (primary N) is 1. The van der Waals surface area contributed by atoms with E-state index in [1.54, 1.807) is 0 Å². The summed E-state index contributed by atoms with van der Waals surface area (Å²) >= 11 is 0. The highest BCUT2D eigenvalue weighted by atomic mass is 19.4. The van der Waals surface area contributed by atoms with Crippen molar-refractivity contribution < 1.29 is 18.3 Å². The second-order valence-corrected chi connectivity index (χ2v) is 3.82. The summed E-state index contributed by atoms with van der Waals surface area (Å²) in [5.41, 5.74) is 5.83. The molecule has 0 aromatic carbocycles. The van der Waals surface area contributed by atoms with E-state index in [4.69, 9.17) is 5.73 Å². The van der Waals surface area contributed by atoms with Crippen LogP contribution in [0.5, 0.6) is 0 Å². The van der Waals surface area contributed by atoms with Crippen molar-refractivity contribution in [1.29, 1.82) is 0 Å². The van der Waals surface area contributed by atoms with Gasteiger partial charge in [0, 0.05) is 18.2 Å². The van der Waals surface area contributed by atoms with E-state index < -0.39 is 18.2 Å². The third-order valence-corrected chi connectivity index (χ3v) is 2.69. The van der Waals surface area contributed by atoms with Gasteiger partial charge in [-0.2, -0.15) is 13.2 Å². The summed E-state index contributed by atoms with van der Waals surface area (Å²) in [6.07, 6.45) is -4.80. The van der Waals surface area contributed by atoms with Gasteiger partial charge in [-0.05, 0) is 6.42 Å².